The molecule has 1 saturated heterocycles. The zero-order chi connectivity index (χ0) is 20.4. The minimum atomic E-state index is -3.55. The lowest BCUT2D eigenvalue weighted by Crippen LogP contribution is -2.48. The van der Waals surface area contributed by atoms with E-state index in [1.54, 1.807) is 35.6 Å². The first-order chi connectivity index (χ1) is 13.9. The molecule has 0 saturated carbocycles. The minimum Gasteiger partial charge on any atom is -0.376 e. The SMILES string of the molecule is CC1CN(S(=O)(=O)c2ccc(NCc3nc(-c4ccsc4)no3)cc2)CC(C)O1. The molecule has 4 rings (SSSR count). The number of aromatic nitrogens is 2. The Hall–Kier alpha value is -2.27. The molecule has 0 aliphatic carbocycles. The van der Waals surface area contributed by atoms with Gasteiger partial charge in [-0.2, -0.15) is 20.6 Å². The van der Waals surface area contributed by atoms with Crippen molar-refractivity contribution in [2.24, 2.45) is 0 Å². The second-order valence-corrected chi connectivity index (χ2v) is 9.70. The summed E-state index contributed by atoms with van der Waals surface area (Å²) in [7, 11) is -3.55. The molecule has 29 heavy (non-hydrogen) atoms. The summed E-state index contributed by atoms with van der Waals surface area (Å²) in [4.78, 5) is 4.62. The molecule has 3 aromatic rings. The summed E-state index contributed by atoms with van der Waals surface area (Å²) >= 11 is 1.57. The van der Waals surface area contributed by atoms with Gasteiger partial charge >= 0.3 is 0 Å². The number of sulfonamides is 1. The highest BCUT2D eigenvalue weighted by molar-refractivity contribution is 7.89. The predicted octanol–water partition coefficient (Wildman–Crippen LogP) is 3.21. The molecule has 0 amide bonds. The molecule has 0 radical (unpaired) electrons. The summed E-state index contributed by atoms with van der Waals surface area (Å²) in [6.07, 6.45) is -0.245. The van der Waals surface area contributed by atoms with Crippen LogP contribution in [0.15, 0.2) is 50.5 Å². The quantitative estimate of drug-likeness (QED) is 0.636. The van der Waals surface area contributed by atoms with Gasteiger partial charge in [0.2, 0.25) is 21.7 Å². The second-order valence-electron chi connectivity index (χ2n) is 6.98. The van der Waals surface area contributed by atoms with E-state index in [0.717, 1.165) is 11.3 Å². The van der Waals surface area contributed by atoms with Gasteiger partial charge in [0.15, 0.2) is 0 Å². The standard InChI is InChI=1S/C19H22N4O4S2/c1-13-10-23(11-14(2)26-13)29(24,25)17-5-3-16(4-6-17)20-9-18-21-19(22-27-18)15-7-8-28-12-15/h3-8,12-14,20H,9-11H2,1-2H3. The molecule has 1 aliphatic heterocycles. The van der Waals surface area contributed by atoms with Gasteiger partial charge in [0.1, 0.15) is 0 Å². The van der Waals surface area contributed by atoms with Gasteiger partial charge in [-0.25, -0.2) is 8.42 Å². The Labute approximate surface area is 173 Å². The van der Waals surface area contributed by atoms with Crippen molar-refractivity contribution in [3.05, 3.63) is 47.0 Å². The Morgan fingerprint density at radius 3 is 2.55 bits per heavy atom. The van der Waals surface area contributed by atoms with Gasteiger partial charge in [-0.05, 0) is 49.6 Å². The molecule has 0 spiro atoms. The van der Waals surface area contributed by atoms with Gasteiger partial charge in [0.25, 0.3) is 0 Å². The Balaban J connectivity index is 1.40. The number of anilines is 1. The number of thiophene rings is 1. The predicted molar refractivity (Wildman–Crippen MR) is 110 cm³/mol. The maximum atomic E-state index is 12.9. The summed E-state index contributed by atoms with van der Waals surface area (Å²) in [5, 5.41) is 11.0. The number of ether oxygens (including phenoxy) is 1. The Kier molecular flexibility index (Phi) is 5.68. The first-order valence-electron chi connectivity index (χ1n) is 9.26. The fourth-order valence-corrected chi connectivity index (χ4v) is 5.46. The number of rotatable bonds is 6. The number of morpholine rings is 1. The topological polar surface area (TPSA) is 97.6 Å². The van der Waals surface area contributed by atoms with Gasteiger partial charge in [0, 0.05) is 29.7 Å². The number of nitrogens with zero attached hydrogens (tertiary/aromatic N) is 3. The van der Waals surface area contributed by atoms with Crippen molar-refractivity contribution in [2.75, 3.05) is 18.4 Å². The zero-order valence-electron chi connectivity index (χ0n) is 16.1. The summed E-state index contributed by atoms with van der Waals surface area (Å²) in [6, 6.07) is 8.61. The number of nitrogens with one attached hydrogen (secondary N) is 1. The molecule has 8 nitrogen and oxygen atoms in total. The average molecular weight is 435 g/mol. The highest BCUT2D eigenvalue weighted by atomic mass is 32.2. The maximum absolute atomic E-state index is 12.9. The van der Waals surface area contributed by atoms with E-state index in [2.05, 4.69) is 15.5 Å². The van der Waals surface area contributed by atoms with Crippen LogP contribution < -0.4 is 5.32 Å². The van der Waals surface area contributed by atoms with Gasteiger partial charge in [-0.15, -0.1) is 0 Å². The van der Waals surface area contributed by atoms with E-state index in [-0.39, 0.29) is 17.1 Å². The van der Waals surface area contributed by atoms with E-state index in [0.29, 0.717) is 31.3 Å². The van der Waals surface area contributed by atoms with Crippen LogP contribution in [-0.2, 0) is 21.3 Å². The van der Waals surface area contributed by atoms with Crippen LogP contribution in [0.3, 0.4) is 0 Å². The zero-order valence-corrected chi connectivity index (χ0v) is 17.7. The number of benzene rings is 1. The molecule has 2 aromatic heterocycles. The summed E-state index contributed by atoms with van der Waals surface area (Å²) < 4.78 is 38.2. The highest BCUT2D eigenvalue weighted by Crippen LogP contribution is 2.23. The molecule has 1 N–H and O–H groups in total. The minimum absolute atomic E-state index is 0.122. The van der Waals surface area contributed by atoms with Gasteiger partial charge in [-0.1, -0.05) is 5.16 Å². The third kappa shape index (κ3) is 4.50. The molecule has 10 heteroatoms. The highest BCUT2D eigenvalue weighted by Gasteiger charge is 2.32. The monoisotopic (exact) mass is 434 g/mol. The van der Waals surface area contributed by atoms with Crippen LogP contribution in [0.4, 0.5) is 5.69 Å². The molecule has 0 bridgehead atoms. The van der Waals surface area contributed by atoms with Crippen molar-refractivity contribution in [1.82, 2.24) is 14.4 Å². The van der Waals surface area contributed by atoms with Crippen LogP contribution in [0, 0.1) is 0 Å². The maximum Gasteiger partial charge on any atom is 0.246 e. The third-order valence-electron chi connectivity index (χ3n) is 4.57. The Morgan fingerprint density at radius 1 is 1.17 bits per heavy atom. The van der Waals surface area contributed by atoms with Crippen LogP contribution in [-0.4, -0.2) is 48.2 Å². The van der Waals surface area contributed by atoms with Crippen LogP contribution in [0.25, 0.3) is 11.4 Å². The van der Waals surface area contributed by atoms with Gasteiger partial charge < -0.3 is 14.6 Å². The number of hydrogen-bond acceptors (Lipinski definition) is 8. The molecule has 2 atom stereocenters. The summed E-state index contributed by atoms with van der Waals surface area (Å²) in [5.41, 5.74) is 1.69. The fourth-order valence-electron chi connectivity index (χ4n) is 3.23. The van der Waals surface area contributed by atoms with Crippen LogP contribution in [0.2, 0.25) is 0 Å². The molecule has 1 aliphatic rings. The van der Waals surface area contributed by atoms with Crippen molar-refractivity contribution in [3.8, 4) is 11.4 Å². The third-order valence-corrected chi connectivity index (χ3v) is 7.10. The van der Waals surface area contributed by atoms with Crippen LogP contribution in [0.5, 0.6) is 0 Å². The van der Waals surface area contributed by atoms with Crippen molar-refractivity contribution >= 4 is 27.0 Å². The van der Waals surface area contributed by atoms with E-state index in [1.165, 1.54) is 4.31 Å². The van der Waals surface area contributed by atoms with Gasteiger partial charge in [0.05, 0.1) is 23.6 Å². The molecular formula is C19H22N4O4S2. The van der Waals surface area contributed by atoms with Crippen molar-refractivity contribution < 1.29 is 17.7 Å². The largest absolute Gasteiger partial charge is 0.376 e. The Bertz CT molecular complexity index is 1040. The molecule has 1 fully saturated rings. The lowest BCUT2D eigenvalue weighted by molar-refractivity contribution is -0.0440. The lowest BCUT2D eigenvalue weighted by atomic mass is 10.3. The summed E-state index contributed by atoms with van der Waals surface area (Å²) in [6.45, 7) is 4.83. The Morgan fingerprint density at radius 2 is 1.90 bits per heavy atom. The number of hydrogen-bond donors (Lipinski definition) is 1. The van der Waals surface area contributed by atoms with E-state index in [4.69, 9.17) is 9.26 Å². The second kappa shape index (κ2) is 8.23. The molecule has 154 valence electrons. The van der Waals surface area contributed by atoms with Gasteiger partial charge in [-0.3, -0.25) is 0 Å². The molecule has 2 unspecified atom stereocenters. The molecule has 1 aromatic carbocycles. The van der Waals surface area contributed by atoms with E-state index >= 15 is 0 Å². The fraction of sp³-hybridized carbons (Fsp3) is 0.368. The van der Waals surface area contributed by atoms with Crippen LogP contribution >= 0.6 is 11.3 Å². The first-order valence-corrected chi connectivity index (χ1v) is 11.6. The first kappa shape index (κ1) is 20.0. The van der Waals surface area contributed by atoms with E-state index in [9.17, 15) is 8.42 Å². The van der Waals surface area contributed by atoms with Crippen LogP contribution in [0.1, 0.15) is 19.7 Å². The van der Waals surface area contributed by atoms with E-state index in [1.807, 2.05) is 30.7 Å². The normalized spacial score (nSPS) is 20.6. The molecule has 3 heterocycles. The average Bonchev–Trinajstić information content (AvgIpc) is 3.37. The summed E-state index contributed by atoms with van der Waals surface area (Å²) in [5.74, 6) is 1.01. The van der Waals surface area contributed by atoms with Crippen molar-refractivity contribution in [2.45, 2.75) is 37.5 Å². The van der Waals surface area contributed by atoms with E-state index < -0.39 is 10.0 Å². The molecular weight excluding hydrogens is 412 g/mol. The smallest absolute Gasteiger partial charge is 0.246 e. The lowest BCUT2D eigenvalue weighted by Gasteiger charge is -2.34. The van der Waals surface area contributed by atoms with Crippen molar-refractivity contribution in [1.29, 1.82) is 0 Å². The van der Waals surface area contributed by atoms with Crippen molar-refractivity contribution in [3.63, 3.8) is 0 Å².